The molecule has 1 aliphatic carbocycles. The second-order valence-electron chi connectivity index (χ2n) is 6.80. The highest BCUT2D eigenvalue weighted by atomic mass is 79.9. The van der Waals surface area contributed by atoms with Gasteiger partial charge in [0.05, 0.1) is 16.4 Å². The average Bonchev–Trinajstić information content (AvgIpc) is 2.81. The van der Waals surface area contributed by atoms with E-state index in [1.54, 1.807) is 6.20 Å². The van der Waals surface area contributed by atoms with Crippen LogP contribution in [0.3, 0.4) is 0 Å². The van der Waals surface area contributed by atoms with Gasteiger partial charge in [-0.1, -0.05) is 27.2 Å². The van der Waals surface area contributed by atoms with Crippen molar-refractivity contribution in [2.45, 2.75) is 71.9 Å². The maximum Gasteiger partial charge on any atom is 0.107 e. The zero-order chi connectivity index (χ0) is 15.0. The van der Waals surface area contributed by atoms with Crippen LogP contribution in [0.15, 0.2) is 10.7 Å². The molecule has 3 nitrogen and oxygen atoms in total. The predicted octanol–water partition coefficient (Wildman–Crippen LogP) is 4.48. The van der Waals surface area contributed by atoms with Crippen molar-refractivity contribution in [3.8, 4) is 0 Å². The molecule has 1 aromatic heterocycles. The molecule has 0 aromatic carbocycles. The molecule has 0 bridgehead atoms. The van der Waals surface area contributed by atoms with Gasteiger partial charge >= 0.3 is 0 Å². The molecule has 0 saturated heterocycles. The lowest BCUT2D eigenvalue weighted by Gasteiger charge is -2.42. The third kappa shape index (κ3) is 2.82. The average molecular weight is 343 g/mol. The molecule has 1 fully saturated rings. The summed E-state index contributed by atoms with van der Waals surface area (Å²) in [4.78, 5) is 0. The highest BCUT2D eigenvalue weighted by Gasteiger charge is 2.42. The number of hydrogen-bond acceptors (Lipinski definition) is 2. The molecule has 114 valence electrons. The van der Waals surface area contributed by atoms with Gasteiger partial charge in [-0.05, 0) is 59.9 Å². The van der Waals surface area contributed by atoms with Crippen LogP contribution in [0.1, 0.15) is 65.5 Å². The summed E-state index contributed by atoms with van der Waals surface area (Å²) >= 11 is 3.55. The van der Waals surface area contributed by atoms with Crippen molar-refractivity contribution in [3.05, 3.63) is 16.4 Å². The Labute approximate surface area is 130 Å². The van der Waals surface area contributed by atoms with Crippen LogP contribution in [0.5, 0.6) is 0 Å². The predicted molar refractivity (Wildman–Crippen MR) is 85.5 cm³/mol. The summed E-state index contributed by atoms with van der Waals surface area (Å²) in [6.07, 6.45) is 6.87. The highest BCUT2D eigenvalue weighted by Crippen LogP contribution is 2.47. The van der Waals surface area contributed by atoms with E-state index in [1.807, 2.05) is 4.68 Å². The van der Waals surface area contributed by atoms with Crippen LogP contribution in [0.2, 0.25) is 0 Å². The van der Waals surface area contributed by atoms with Gasteiger partial charge in [-0.25, -0.2) is 0 Å². The first-order valence-corrected chi connectivity index (χ1v) is 8.57. The Morgan fingerprint density at radius 1 is 1.40 bits per heavy atom. The fraction of sp³-hybridized carbons (Fsp3) is 0.812. The van der Waals surface area contributed by atoms with Gasteiger partial charge in [0.25, 0.3) is 0 Å². The minimum Gasteiger partial charge on any atom is -0.384 e. The summed E-state index contributed by atoms with van der Waals surface area (Å²) in [6, 6.07) is 0. The number of rotatable bonds is 4. The number of aryl methyl sites for hydroxylation is 1. The molecule has 0 radical (unpaired) electrons. The van der Waals surface area contributed by atoms with Crippen molar-refractivity contribution in [2.24, 2.45) is 11.3 Å². The van der Waals surface area contributed by atoms with Gasteiger partial charge in [0.2, 0.25) is 0 Å². The molecule has 0 atom stereocenters. The first-order valence-electron chi connectivity index (χ1n) is 7.78. The summed E-state index contributed by atoms with van der Waals surface area (Å²) in [7, 11) is 0. The van der Waals surface area contributed by atoms with E-state index in [2.05, 4.69) is 48.7 Å². The van der Waals surface area contributed by atoms with Crippen LogP contribution in [0.25, 0.3) is 0 Å². The normalized spacial score (nSPS) is 27.8. The molecular weight excluding hydrogens is 316 g/mol. The van der Waals surface area contributed by atoms with E-state index in [0.717, 1.165) is 42.4 Å². The molecule has 4 heteroatoms. The Hall–Kier alpha value is -0.350. The van der Waals surface area contributed by atoms with Gasteiger partial charge in [0.15, 0.2) is 0 Å². The van der Waals surface area contributed by atoms with E-state index in [9.17, 15) is 5.11 Å². The molecular formula is C16H27BrN2O. The largest absolute Gasteiger partial charge is 0.384 e. The van der Waals surface area contributed by atoms with Gasteiger partial charge in [-0.15, -0.1) is 0 Å². The summed E-state index contributed by atoms with van der Waals surface area (Å²) in [5, 5.41) is 15.4. The lowest BCUT2D eigenvalue weighted by atomic mass is 9.66. The Morgan fingerprint density at radius 2 is 2.00 bits per heavy atom. The highest BCUT2D eigenvalue weighted by molar-refractivity contribution is 9.10. The van der Waals surface area contributed by atoms with Gasteiger partial charge in [-0.3, -0.25) is 4.68 Å². The maximum absolute atomic E-state index is 11.1. The van der Waals surface area contributed by atoms with Crippen molar-refractivity contribution >= 4 is 15.9 Å². The molecule has 0 amide bonds. The Morgan fingerprint density at radius 3 is 2.50 bits per heavy atom. The molecule has 1 aromatic rings. The summed E-state index contributed by atoms with van der Waals surface area (Å²) in [5.74, 6) is 0.713. The summed E-state index contributed by atoms with van der Waals surface area (Å²) in [5.41, 5.74) is 0.627. The summed E-state index contributed by atoms with van der Waals surface area (Å²) in [6.45, 7) is 9.84. The molecule has 1 aliphatic rings. The molecule has 0 aliphatic heterocycles. The molecule has 20 heavy (non-hydrogen) atoms. The molecule has 1 saturated carbocycles. The number of aromatic nitrogens is 2. The van der Waals surface area contributed by atoms with E-state index < -0.39 is 5.60 Å². The van der Waals surface area contributed by atoms with Gasteiger partial charge in [0, 0.05) is 6.54 Å². The van der Waals surface area contributed by atoms with Gasteiger partial charge in [0.1, 0.15) is 5.60 Å². The molecule has 0 spiro atoms. The van der Waals surface area contributed by atoms with Crippen LogP contribution in [0.4, 0.5) is 0 Å². The van der Waals surface area contributed by atoms with E-state index >= 15 is 0 Å². The SMILES string of the molecule is CCn1ncc(Br)c1C1(O)CCC(C(C)(C)CC)CC1. The number of halogens is 1. The minimum absolute atomic E-state index is 0.379. The number of hydrogen-bond donors (Lipinski definition) is 1. The molecule has 2 rings (SSSR count). The Balaban J connectivity index is 2.18. The first kappa shape index (κ1) is 16.0. The van der Waals surface area contributed by atoms with Gasteiger partial charge < -0.3 is 5.11 Å². The topological polar surface area (TPSA) is 38.0 Å². The van der Waals surface area contributed by atoms with Crippen molar-refractivity contribution in [1.29, 1.82) is 0 Å². The fourth-order valence-corrected chi connectivity index (χ4v) is 4.13. The van der Waals surface area contributed by atoms with Crippen molar-refractivity contribution in [2.75, 3.05) is 0 Å². The molecule has 1 N–H and O–H groups in total. The van der Waals surface area contributed by atoms with E-state index in [4.69, 9.17) is 0 Å². The Kier molecular flexibility index (Phi) is 4.65. The van der Waals surface area contributed by atoms with Crippen molar-refractivity contribution in [1.82, 2.24) is 9.78 Å². The monoisotopic (exact) mass is 342 g/mol. The Bertz CT molecular complexity index is 459. The van der Waals surface area contributed by atoms with Crippen LogP contribution in [-0.4, -0.2) is 14.9 Å². The zero-order valence-corrected chi connectivity index (χ0v) is 14.7. The number of aliphatic hydroxyl groups is 1. The lowest BCUT2D eigenvalue weighted by Crippen LogP contribution is -2.38. The number of nitrogens with zero attached hydrogens (tertiary/aromatic N) is 2. The van der Waals surface area contributed by atoms with Crippen LogP contribution in [0, 0.1) is 11.3 Å². The van der Waals surface area contributed by atoms with E-state index in [0.29, 0.717) is 11.3 Å². The zero-order valence-electron chi connectivity index (χ0n) is 13.1. The van der Waals surface area contributed by atoms with Crippen LogP contribution in [-0.2, 0) is 12.1 Å². The smallest absolute Gasteiger partial charge is 0.107 e. The molecule has 0 unspecified atom stereocenters. The maximum atomic E-state index is 11.1. The third-order valence-electron chi connectivity index (χ3n) is 5.36. The van der Waals surface area contributed by atoms with Crippen molar-refractivity contribution in [3.63, 3.8) is 0 Å². The second-order valence-corrected chi connectivity index (χ2v) is 7.66. The van der Waals surface area contributed by atoms with Gasteiger partial charge in [-0.2, -0.15) is 5.10 Å². The fourth-order valence-electron chi connectivity index (χ4n) is 3.47. The first-order chi connectivity index (χ1) is 9.34. The van der Waals surface area contributed by atoms with Crippen LogP contribution >= 0.6 is 15.9 Å². The second kappa shape index (κ2) is 5.80. The lowest BCUT2D eigenvalue weighted by molar-refractivity contribution is -0.0396. The van der Waals surface area contributed by atoms with Crippen molar-refractivity contribution < 1.29 is 5.11 Å². The summed E-state index contributed by atoms with van der Waals surface area (Å²) < 4.78 is 2.87. The van der Waals surface area contributed by atoms with E-state index in [-0.39, 0.29) is 0 Å². The third-order valence-corrected chi connectivity index (χ3v) is 5.94. The quantitative estimate of drug-likeness (QED) is 0.875. The standard InChI is InChI=1S/C16H27BrN2O/c1-5-15(3,4)12-7-9-16(20,10-8-12)14-13(17)11-18-19(14)6-2/h11-12,20H,5-10H2,1-4H3. The minimum atomic E-state index is -0.717. The molecule has 1 heterocycles. The van der Waals surface area contributed by atoms with Crippen LogP contribution < -0.4 is 0 Å². The van der Waals surface area contributed by atoms with E-state index in [1.165, 1.54) is 6.42 Å².